The van der Waals surface area contributed by atoms with Crippen LogP contribution in [-0.2, 0) is 19.2 Å². The molecule has 0 saturated carbocycles. The first kappa shape index (κ1) is 28.3. The molecular weight excluding hydrogens is 456 g/mol. The zero-order chi connectivity index (χ0) is 25.8. The molecule has 2 heterocycles. The van der Waals surface area contributed by atoms with E-state index >= 15 is 0 Å². The van der Waals surface area contributed by atoms with E-state index in [1.807, 2.05) is 0 Å². The van der Waals surface area contributed by atoms with Gasteiger partial charge in [-0.15, -0.1) is 0 Å². The Hall–Kier alpha value is -2.93. The minimum Gasteiger partial charge on any atom is -0.480 e. The number of rotatable bonds is 14. The lowest BCUT2D eigenvalue weighted by atomic mass is 10.1. The predicted octanol–water partition coefficient (Wildman–Crippen LogP) is -2.03. The van der Waals surface area contributed by atoms with Crippen molar-refractivity contribution in [2.75, 3.05) is 26.2 Å². The molecule has 0 aromatic heterocycles. The first-order chi connectivity index (χ1) is 16.7. The smallest absolute Gasteiger partial charge is 0.326 e. The van der Waals surface area contributed by atoms with Crippen molar-refractivity contribution in [1.29, 1.82) is 0 Å². The van der Waals surface area contributed by atoms with Crippen molar-refractivity contribution >= 4 is 29.7 Å². The van der Waals surface area contributed by atoms with Crippen molar-refractivity contribution in [2.45, 2.75) is 82.0 Å². The van der Waals surface area contributed by atoms with Gasteiger partial charge in [-0.2, -0.15) is 0 Å². The summed E-state index contributed by atoms with van der Waals surface area (Å²) in [6.07, 6.45) is 4.91. The highest BCUT2D eigenvalue weighted by Gasteiger charge is 2.39. The van der Waals surface area contributed by atoms with Crippen molar-refractivity contribution < 1.29 is 24.3 Å². The van der Waals surface area contributed by atoms with Gasteiger partial charge in [0.15, 0.2) is 5.96 Å². The minimum atomic E-state index is -1.19. The van der Waals surface area contributed by atoms with Gasteiger partial charge in [0.05, 0.1) is 6.04 Å². The summed E-state index contributed by atoms with van der Waals surface area (Å²) in [7, 11) is 0. The number of nitrogens with zero attached hydrogens (tertiary/aromatic N) is 2. The molecule has 2 rings (SSSR count). The van der Waals surface area contributed by atoms with E-state index in [0.717, 1.165) is 19.4 Å². The van der Waals surface area contributed by atoms with E-state index in [9.17, 15) is 24.3 Å². The van der Waals surface area contributed by atoms with Crippen LogP contribution in [-0.4, -0.2) is 90.0 Å². The standard InChI is InChI=1S/C22H40N8O5/c23-10-2-1-6-14(18(31)29-16(21(34)35)8-4-12-27-22(24)25)28-19(32)17-9-5-13-30(17)20(33)15-7-3-11-26-15/h14-17,26H,1-13,23H2,(H,28,32)(H,29,31)(H,34,35)(H4,24,25,27)/t14-,15-,16-,17-/m0/s1. The molecule has 0 unspecified atom stereocenters. The Kier molecular flexibility index (Phi) is 11.7. The Morgan fingerprint density at radius 1 is 1.03 bits per heavy atom. The molecule has 0 bridgehead atoms. The molecule has 0 aromatic carbocycles. The molecule has 0 radical (unpaired) electrons. The van der Waals surface area contributed by atoms with Crippen LogP contribution in [0.3, 0.4) is 0 Å². The predicted molar refractivity (Wildman–Crippen MR) is 130 cm³/mol. The van der Waals surface area contributed by atoms with Crippen LogP contribution < -0.4 is 33.2 Å². The molecule has 2 aliphatic rings. The molecule has 3 amide bonds. The van der Waals surface area contributed by atoms with Crippen molar-refractivity contribution in [2.24, 2.45) is 22.2 Å². The summed E-state index contributed by atoms with van der Waals surface area (Å²) in [5, 5.41) is 18.0. The molecule has 198 valence electrons. The second kappa shape index (κ2) is 14.5. The van der Waals surface area contributed by atoms with Gasteiger partial charge in [-0.25, -0.2) is 4.79 Å². The highest BCUT2D eigenvalue weighted by atomic mass is 16.4. The van der Waals surface area contributed by atoms with E-state index in [0.29, 0.717) is 51.6 Å². The molecule has 2 aliphatic heterocycles. The lowest BCUT2D eigenvalue weighted by molar-refractivity contribution is -0.143. The lowest BCUT2D eigenvalue weighted by Gasteiger charge is -2.28. The lowest BCUT2D eigenvalue weighted by Crippen LogP contribution is -2.56. The Balaban J connectivity index is 2.02. The van der Waals surface area contributed by atoms with Gasteiger partial charge in [0.2, 0.25) is 17.7 Å². The van der Waals surface area contributed by atoms with Crippen LogP contribution in [0.15, 0.2) is 4.99 Å². The van der Waals surface area contributed by atoms with E-state index in [1.54, 1.807) is 4.90 Å². The summed E-state index contributed by atoms with van der Waals surface area (Å²) in [4.78, 5) is 56.1. The summed E-state index contributed by atoms with van der Waals surface area (Å²) >= 11 is 0. The second-order valence-electron chi connectivity index (χ2n) is 9.03. The molecule has 13 heteroatoms. The van der Waals surface area contributed by atoms with Crippen LogP contribution in [0.5, 0.6) is 0 Å². The zero-order valence-electron chi connectivity index (χ0n) is 20.2. The molecule has 35 heavy (non-hydrogen) atoms. The van der Waals surface area contributed by atoms with Gasteiger partial charge in [-0.3, -0.25) is 19.4 Å². The minimum absolute atomic E-state index is 0.0870. The normalized spacial score (nSPS) is 21.2. The van der Waals surface area contributed by atoms with Crippen molar-refractivity contribution in [3.63, 3.8) is 0 Å². The van der Waals surface area contributed by atoms with Crippen LogP contribution in [0, 0.1) is 0 Å². The Morgan fingerprint density at radius 2 is 1.77 bits per heavy atom. The molecule has 0 aliphatic carbocycles. The maximum atomic E-state index is 13.1. The molecular formula is C22H40N8O5. The fourth-order valence-corrected chi connectivity index (χ4v) is 4.46. The Bertz CT molecular complexity index is 767. The quantitative estimate of drug-likeness (QED) is 0.0799. The van der Waals surface area contributed by atoms with E-state index in [4.69, 9.17) is 17.2 Å². The van der Waals surface area contributed by atoms with Crippen LogP contribution >= 0.6 is 0 Å². The van der Waals surface area contributed by atoms with Crippen LogP contribution in [0.25, 0.3) is 0 Å². The number of guanidine groups is 1. The number of carbonyl (C=O) groups is 4. The van der Waals surface area contributed by atoms with Gasteiger partial charge in [-0.05, 0) is 70.9 Å². The van der Waals surface area contributed by atoms with Crippen molar-refractivity contribution in [3.05, 3.63) is 0 Å². The van der Waals surface area contributed by atoms with Crippen molar-refractivity contribution in [3.8, 4) is 0 Å². The Labute approximate surface area is 205 Å². The van der Waals surface area contributed by atoms with Crippen LogP contribution in [0.2, 0.25) is 0 Å². The number of carbonyl (C=O) groups excluding carboxylic acids is 3. The van der Waals surface area contributed by atoms with Crippen molar-refractivity contribution in [1.82, 2.24) is 20.9 Å². The third kappa shape index (κ3) is 8.98. The maximum absolute atomic E-state index is 13.1. The number of hydrogen-bond donors (Lipinski definition) is 7. The summed E-state index contributed by atoms with van der Waals surface area (Å²) in [5.41, 5.74) is 16.1. The highest BCUT2D eigenvalue weighted by Crippen LogP contribution is 2.21. The molecule has 0 spiro atoms. The number of likely N-dealkylation sites (tertiary alicyclic amines) is 1. The fourth-order valence-electron chi connectivity index (χ4n) is 4.46. The number of aliphatic carboxylic acids is 1. The third-order valence-electron chi connectivity index (χ3n) is 6.34. The van der Waals surface area contributed by atoms with Crippen LogP contribution in [0.4, 0.5) is 0 Å². The highest BCUT2D eigenvalue weighted by molar-refractivity contribution is 5.94. The van der Waals surface area contributed by atoms with E-state index in [2.05, 4.69) is 20.9 Å². The first-order valence-corrected chi connectivity index (χ1v) is 12.4. The van der Waals surface area contributed by atoms with Gasteiger partial charge < -0.3 is 43.2 Å². The molecule has 0 aromatic rings. The average molecular weight is 497 g/mol. The average Bonchev–Trinajstić information content (AvgIpc) is 3.52. The van der Waals surface area contributed by atoms with Gasteiger partial charge in [0.1, 0.15) is 18.1 Å². The summed E-state index contributed by atoms with van der Waals surface area (Å²) in [6, 6.07) is -3.01. The third-order valence-corrected chi connectivity index (χ3v) is 6.34. The topological polar surface area (TPSA) is 218 Å². The summed E-state index contributed by atoms with van der Waals surface area (Å²) in [5.74, 6) is -2.35. The fraction of sp³-hybridized carbons (Fsp3) is 0.773. The van der Waals surface area contributed by atoms with Gasteiger partial charge in [0.25, 0.3) is 0 Å². The number of carboxylic acids is 1. The largest absolute Gasteiger partial charge is 0.480 e. The van der Waals surface area contributed by atoms with E-state index < -0.39 is 35.9 Å². The van der Waals surface area contributed by atoms with Gasteiger partial charge >= 0.3 is 5.97 Å². The second-order valence-corrected chi connectivity index (χ2v) is 9.03. The maximum Gasteiger partial charge on any atom is 0.326 e. The summed E-state index contributed by atoms with van der Waals surface area (Å²) < 4.78 is 0. The SMILES string of the molecule is NCCCC[C@H](NC(=O)[C@@H]1CCCN1C(=O)[C@@H]1CCCN1)C(=O)N[C@@H](CCCN=C(N)N)C(=O)O. The van der Waals surface area contributed by atoms with Crippen LogP contribution in [0.1, 0.15) is 57.8 Å². The van der Waals surface area contributed by atoms with Gasteiger partial charge in [-0.1, -0.05) is 0 Å². The Morgan fingerprint density at radius 3 is 2.40 bits per heavy atom. The number of amides is 3. The number of hydrogen-bond acceptors (Lipinski definition) is 7. The number of unbranched alkanes of at least 4 members (excludes halogenated alkanes) is 1. The van der Waals surface area contributed by atoms with E-state index in [-0.39, 0.29) is 30.9 Å². The first-order valence-electron chi connectivity index (χ1n) is 12.4. The number of nitrogens with one attached hydrogen (secondary N) is 3. The molecule has 4 atom stereocenters. The summed E-state index contributed by atoms with van der Waals surface area (Å²) in [6.45, 7) is 1.95. The molecule has 13 nitrogen and oxygen atoms in total. The molecule has 10 N–H and O–H groups in total. The van der Waals surface area contributed by atoms with Gasteiger partial charge in [0, 0.05) is 13.1 Å². The molecule has 2 fully saturated rings. The van der Waals surface area contributed by atoms with E-state index in [1.165, 1.54) is 0 Å². The monoisotopic (exact) mass is 496 g/mol. The number of carboxylic acid groups (broad SMARTS) is 1. The molecule has 2 saturated heterocycles. The number of nitrogens with two attached hydrogens (primary N) is 3. The zero-order valence-corrected chi connectivity index (χ0v) is 20.2. The number of aliphatic imine (C=N–C) groups is 1.